The van der Waals surface area contributed by atoms with Gasteiger partial charge in [0.1, 0.15) is 0 Å². The number of pyridine rings is 1. The van der Waals surface area contributed by atoms with Crippen LogP contribution < -0.4 is 4.74 Å². The molecule has 0 spiro atoms. The zero-order valence-corrected chi connectivity index (χ0v) is 14.5. The van der Waals surface area contributed by atoms with Crippen LogP contribution in [0.3, 0.4) is 0 Å². The Bertz CT molecular complexity index is 441. The lowest BCUT2D eigenvalue weighted by Gasteiger charge is -2.05. The predicted molar refractivity (Wildman–Crippen MR) is 83.4 cm³/mol. The molecule has 0 bridgehead atoms. The van der Waals surface area contributed by atoms with Gasteiger partial charge in [0, 0.05) is 22.0 Å². The zero-order chi connectivity index (χ0) is 16.8. The molecule has 0 unspecified atom stereocenters. The van der Waals surface area contributed by atoms with E-state index in [1.807, 2.05) is 27.7 Å². The van der Waals surface area contributed by atoms with Crippen molar-refractivity contribution in [2.24, 2.45) is 0 Å². The maximum Gasteiger partial charge on any atom is 0.407 e. The molecule has 0 radical (unpaired) electrons. The van der Waals surface area contributed by atoms with Crippen LogP contribution in [0.2, 0.25) is 0 Å². The molecule has 1 heterocycles. The second-order valence-corrected chi connectivity index (χ2v) is 3.62. The number of carbonyl (C=O) groups excluding carboxylic acids is 1. The number of esters is 1. The third-order valence-electron chi connectivity index (χ3n) is 1.63. The Morgan fingerprint density at radius 3 is 2.38 bits per heavy atom. The van der Waals surface area contributed by atoms with E-state index in [1.54, 1.807) is 6.92 Å². The number of halogens is 1. The Hall–Kier alpha value is -1.70. The highest BCUT2D eigenvalue weighted by Crippen LogP contribution is 2.26. The normalized spacial score (nSPS) is 8.48. The number of aromatic nitrogens is 1. The summed E-state index contributed by atoms with van der Waals surface area (Å²) in [5.41, 5.74) is 0. The first-order valence-electron chi connectivity index (χ1n) is 6.64. The molecule has 0 aliphatic heterocycles. The SMILES string of the molecule is CC.CC.CCOC(=O)COc1ccc(Br)nc1[N+](=O)[O-]. The summed E-state index contributed by atoms with van der Waals surface area (Å²) in [5, 5.41) is 10.7. The first-order valence-corrected chi connectivity index (χ1v) is 7.43. The molecule has 1 aromatic heterocycles. The molecule has 0 atom stereocenters. The third-order valence-corrected chi connectivity index (χ3v) is 2.07. The van der Waals surface area contributed by atoms with E-state index in [1.165, 1.54) is 12.1 Å². The third kappa shape index (κ3) is 8.96. The molecule has 1 aromatic rings. The molecule has 1 rings (SSSR count). The van der Waals surface area contributed by atoms with Crippen molar-refractivity contribution in [1.29, 1.82) is 0 Å². The van der Waals surface area contributed by atoms with Crippen molar-refractivity contribution in [1.82, 2.24) is 4.98 Å². The second-order valence-electron chi connectivity index (χ2n) is 2.81. The topological polar surface area (TPSA) is 91.6 Å². The van der Waals surface area contributed by atoms with Crippen molar-refractivity contribution < 1.29 is 19.2 Å². The molecule has 8 heteroatoms. The standard InChI is InChI=1S/C9H9BrN2O5.2C2H6/c1-2-16-8(13)5-17-6-3-4-7(10)11-9(6)12(14)15;2*1-2/h3-4H,2,5H2,1H3;2*1-2H3. The van der Waals surface area contributed by atoms with Gasteiger partial charge in [-0.25, -0.2) is 4.79 Å². The molecule has 0 N–H and O–H groups in total. The van der Waals surface area contributed by atoms with Crippen molar-refractivity contribution >= 4 is 27.7 Å². The van der Waals surface area contributed by atoms with Gasteiger partial charge in [-0.05, 0) is 22.9 Å². The van der Waals surface area contributed by atoms with Crippen LogP contribution >= 0.6 is 15.9 Å². The fourth-order valence-corrected chi connectivity index (χ4v) is 1.30. The maximum absolute atomic E-state index is 11.0. The summed E-state index contributed by atoms with van der Waals surface area (Å²) in [6, 6.07) is 2.84. The van der Waals surface area contributed by atoms with Crippen molar-refractivity contribution in [3.05, 3.63) is 26.9 Å². The lowest BCUT2D eigenvalue weighted by molar-refractivity contribution is -0.390. The van der Waals surface area contributed by atoms with Gasteiger partial charge in [0.25, 0.3) is 0 Å². The van der Waals surface area contributed by atoms with E-state index in [2.05, 4.69) is 25.7 Å². The molecular formula is C13H21BrN2O5. The van der Waals surface area contributed by atoms with Crippen LogP contribution in [0.15, 0.2) is 16.7 Å². The van der Waals surface area contributed by atoms with Crippen LogP contribution in [0.5, 0.6) is 5.75 Å². The van der Waals surface area contributed by atoms with Crippen LogP contribution in [0, 0.1) is 10.1 Å². The molecule has 0 fully saturated rings. The van der Waals surface area contributed by atoms with Gasteiger partial charge in [-0.3, -0.25) is 0 Å². The molecule has 0 amide bonds. The number of hydrogen-bond donors (Lipinski definition) is 0. The molecule has 120 valence electrons. The summed E-state index contributed by atoms with van der Waals surface area (Å²) in [6.45, 7) is 9.49. The second kappa shape index (κ2) is 13.3. The van der Waals surface area contributed by atoms with Crippen LogP contribution in [0.25, 0.3) is 0 Å². The molecule has 7 nitrogen and oxygen atoms in total. The maximum atomic E-state index is 11.0. The average molecular weight is 365 g/mol. The van der Waals surface area contributed by atoms with Crippen LogP contribution in [-0.4, -0.2) is 29.1 Å². The summed E-state index contributed by atoms with van der Waals surface area (Å²) >= 11 is 3.01. The fourth-order valence-electron chi connectivity index (χ4n) is 0.995. The Morgan fingerprint density at radius 1 is 1.33 bits per heavy atom. The quantitative estimate of drug-likeness (QED) is 0.342. The minimum absolute atomic E-state index is 0.0775. The van der Waals surface area contributed by atoms with E-state index in [4.69, 9.17) is 4.74 Å². The Labute approximate surface area is 132 Å². The van der Waals surface area contributed by atoms with Crippen molar-refractivity contribution in [2.75, 3.05) is 13.2 Å². The van der Waals surface area contributed by atoms with Gasteiger partial charge < -0.3 is 19.6 Å². The number of hydrogen-bond acceptors (Lipinski definition) is 6. The summed E-state index contributed by atoms with van der Waals surface area (Å²) in [6.07, 6.45) is 0. The zero-order valence-electron chi connectivity index (χ0n) is 12.9. The lowest BCUT2D eigenvalue weighted by atomic mass is 10.4. The summed E-state index contributed by atoms with van der Waals surface area (Å²) in [4.78, 5) is 24.6. The van der Waals surface area contributed by atoms with E-state index >= 15 is 0 Å². The van der Waals surface area contributed by atoms with Gasteiger partial charge in [-0.2, -0.15) is 0 Å². The fraction of sp³-hybridized carbons (Fsp3) is 0.538. The van der Waals surface area contributed by atoms with Gasteiger partial charge in [0.05, 0.1) is 6.61 Å². The minimum atomic E-state index is -0.689. The van der Waals surface area contributed by atoms with Crippen molar-refractivity contribution in [3.8, 4) is 5.75 Å². The first kappa shape index (κ1) is 21.6. The Kier molecular flexibility index (Phi) is 13.7. The summed E-state index contributed by atoms with van der Waals surface area (Å²) in [5.74, 6) is -1.13. The Balaban J connectivity index is 0. The largest absolute Gasteiger partial charge is 0.474 e. The molecule has 21 heavy (non-hydrogen) atoms. The summed E-state index contributed by atoms with van der Waals surface area (Å²) < 4.78 is 9.91. The summed E-state index contributed by atoms with van der Waals surface area (Å²) in [7, 11) is 0. The van der Waals surface area contributed by atoms with E-state index in [0.717, 1.165) is 0 Å². The Morgan fingerprint density at radius 2 is 1.90 bits per heavy atom. The van der Waals surface area contributed by atoms with E-state index in [-0.39, 0.29) is 12.4 Å². The minimum Gasteiger partial charge on any atom is -0.474 e. The first-order chi connectivity index (χ1) is 10.0. The molecule has 0 aliphatic carbocycles. The number of ether oxygens (including phenoxy) is 2. The molecular weight excluding hydrogens is 344 g/mol. The van der Waals surface area contributed by atoms with E-state index in [0.29, 0.717) is 4.60 Å². The van der Waals surface area contributed by atoms with Gasteiger partial charge >= 0.3 is 11.8 Å². The van der Waals surface area contributed by atoms with Gasteiger partial charge in [-0.1, -0.05) is 27.7 Å². The number of nitrogens with zero attached hydrogens (tertiary/aromatic N) is 2. The van der Waals surface area contributed by atoms with E-state index < -0.39 is 23.3 Å². The van der Waals surface area contributed by atoms with Gasteiger partial charge in [0.15, 0.2) is 6.61 Å². The van der Waals surface area contributed by atoms with Crippen LogP contribution in [0.1, 0.15) is 34.6 Å². The van der Waals surface area contributed by atoms with Crippen LogP contribution in [0.4, 0.5) is 5.82 Å². The highest BCUT2D eigenvalue weighted by atomic mass is 79.9. The lowest BCUT2D eigenvalue weighted by Crippen LogP contribution is -2.15. The number of carbonyl (C=O) groups is 1. The van der Waals surface area contributed by atoms with Gasteiger partial charge in [0.2, 0.25) is 10.4 Å². The van der Waals surface area contributed by atoms with Crippen molar-refractivity contribution in [3.63, 3.8) is 0 Å². The smallest absolute Gasteiger partial charge is 0.407 e. The van der Waals surface area contributed by atoms with Crippen molar-refractivity contribution in [2.45, 2.75) is 34.6 Å². The molecule has 0 aromatic carbocycles. The number of nitro groups is 1. The van der Waals surface area contributed by atoms with E-state index in [9.17, 15) is 14.9 Å². The highest BCUT2D eigenvalue weighted by Gasteiger charge is 2.19. The average Bonchev–Trinajstić information content (AvgIpc) is 2.50. The molecule has 0 aliphatic rings. The molecule has 0 saturated heterocycles. The monoisotopic (exact) mass is 364 g/mol. The highest BCUT2D eigenvalue weighted by molar-refractivity contribution is 9.10. The van der Waals surface area contributed by atoms with Gasteiger partial charge in [-0.15, -0.1) is 0 Å². The predicted octanol–water partition coefficient (Wildman–Crippen LogP) is 3.75. The number of rotatable bonds is 5. The molecule has 0 saturated carbocycles. The van der Waals surface area contributed by atoms with Crippen LogP contribution in [-0.2, 0) is 9.53 Å².